The van der Waals surface area contributed by atoms with Crippen molar-refractivity contribution in [2.75, 3.05) is 17.1 Å². The molecule has 6 rings (SSSR count). The van der Waals surface area contributed by atoms with Gasteiger partial charge in [0.1, 0.15) is 0 Å². The third-order valence-corrected chi connectivity index (χ3v) is 8.79. The normalized spacial score (nSPS) is 31.5. The van der Waals surface area contributed by atoms with Crippen molar-refractivity contribution in [3.63, 3.8) is 0 Å². The van der Waals surface area contributed by atoms with E-state index in [9.17, 15) is 18.0 Å². The molecule has 4 bridgehead atoms. The van der Waals surface area contributed by atoms with Crippen molar-refractivity contribution in [2.45, 2.75) is 51.4 Å². The third kappa shape index (κ3) is 3.59. The monoisotopic (exact) mass is 431 g/mol. The number of amides is 2. The molecule has 1 aromatic rings. The summed E-state index contributed by atoms with van der Waals surface area (Å²) in [5.41, 5.74) is 7.15. The number of hydrazine groups is 1. The van der Waals surface area contributed by atoms with Crippen molar-refractivity contribution in [1.29, 1.82) is 0 Å². The molecule has 1 heterocycles. The van der Waals surface area contributed by atoms with Crippen LogP contribution in [-0.2, 0) is 21.2 Å². The zero-order valence-electron chi connectivity index (χ0n) is 17.3. The van der Waals surface area contributed by atoms with E-state index < -0.39 is 10.0 Å². The maximum absolute atomic E-state index is 12.6. The molecule has 8 heteroatoms. The molecule has 0 spiro atoms. The number of sulfonamides is 1. The molecule has 30 heavy (non-hydrogen) atoms. The lowest BCUT2D eigenvalue weighted by molar-refractivity contribution is -0.130. The number of carbonyl (C=O) groups is 2. The van der Waals surface area contributed by atoms with Crippen LogP contribution in [0.15, 0.2) is 18.2 Å². The van der Waals surface area contributed by atoms with Gasteiger partial charge in [-0.3, -0.25) is 24.7 Å². The Morgan fingerprint density at radius 1 is 1.07 bits per heavy atom. The van der Waals surface area contributed by atoms with Gasteiger partial charge in [-0.05, 0) is 91.9 Å². The van der Waals surface area contributed by atoms with E-state index in [0.717, 1.165) is 42.6 Å². The van der Waals surface area contributed by atoms with Crippen LogP contribution in [0, 0.1) is 23.2 Å². The first-order valence-electron chi connectivity index (χ1n) is 10.9. The van der Waals surface area contributed by atoms with Gasteiger partial charge in [-0.25, -0.2) is 8.42 Å². The van der Waals surface area contributed by atoms with E-state index >= 15 is 0 Å². The van der Waals surface area contributed by atoms with Crippen molar-refractivity contribution in [3.05, 3.63) is 29.3 Å². The molecule has 4 fully saturated rings. The second-order valence-electron chi connectivity index (χ2n) is 10.0. The minimum Gasteiger partial charge on any atom is -0.273 e. The van der Waals surface area contributed by atoms with Crippen LogP contribution in [-0.4, -0.2) is 33.0 Å². The number of anilines is 1. The van der Waals surface area contributed by atoms with E-state index in [4.69, 9.17) is 0 Å². The quantitative estimate of drug-likeness (QED) is 0.716. The molecule has 5 aliphatic rings. The Bertz CT molecular complexity index is 968. The molecule has 2 amide bonds. The van der Waals surface area contributed by atoms with Crippen LogP contribution in [0.4, 0.5) is 5.69 Å². The lowest BCUT2D eigenvalue weighted by atomic mass is 9.49. The first-order chi connectivity index (χ1) is 14.2. The topological polar surface area (TPSA) is 95.6 Å². The van der Waals surface area contributed by atoms with Crippen molar-refractivity contribution < 1.29 is 18.0 Å². The van der Waals surface area contributed by atoms with E-state index in [1.54, 1.807) is 18.2 Å². The predicted molar refractivity (Wildman–Crippen MR) is 113 cm³/mol. The van der Waals surface area contributed by atoms with Crippen LogP contribution in [0.3, 0.4) is 0 Å². The van der Waals surface area contributed by atoms with Crippen LogP contribution < -0.4 is 15.2 Å². The van der Waals surface area contributed by atoms with E-state index in [0.29, 0.717) is 30.6 Å². The summed E-state index contributed by atoms with van der Waals surface area (Å²) >= 11 is 0. The van der Waals surface area contributed by atoms with E-state index in [-0.39, 0.29) is 17.2 Å². The highest BCUT2D eigenvalue weighted by atomic mass is 32.2. The Morgan fingerprint density at radius 2 is 1.70 bits per heavy atom. The summed E-state index contributed by atoms with van der Waals surface area (Å²) in [5.74, 6) is 1.87. The zero-order chi connectivity index (χ0) is 21.1. The summed E-state index contributed by atoms with van der Waals surface area (Å²) in [7, 11) is -3.32. The van der Waals surface area contributed by atoms with Gasteiger partial charge in [0.2, 0.25) is 15.9 Å². The fraction of sp³-hybridized carbons (Fsp3) is 0.636. The minimum absolute atomic E-state index is 0.116. The number of hydrogen-bond acceptors (Lipinski definition) is 4. The molecule has 0 atom stereocenters. The first-order valence-corrected chi connectivity index (χ1v) is 12.8. The van der Waals surface area contributed by atoms with Crippen molar-refractivity contribution >= 4 is 27.5 Å². The number of rotatable bonds is 4. The van der Waals surface area contributed by atoms with Crippen LogP contribution in [0.1, 0.15) is 60.9 Å². The van der Waals surface area contributed by atoms with Crippen LogP contribution >= 0.6 is 0 Å². The van der Waals surface area contributed by atoms with Crippen LogP contribution in [0.5, 0.6) is 0 Å². The maximum atomic E-state index is 12.6. The summed E-state index contributed by atoms with van der Waals surface area (Å²) in [5, 5.41) is 0. The molecule has 0 unspecified atom stereocenters. The second kappa shape index (κ2) is 6.97. The molecule has 1 aliphatic heterocycles. The second-order valence-corrected chi connectivity index (χ2v) is 11.9. The van der Waals surface area contributed by atoms with Crippen LogP contribution in [0.2, 0.25) is 0 Å². The lowest BCUT2D eigenvalue weighted by Gasteiger charge is -2.56. The van der Waals surface area contributed by atoms with Gasteiger partial charge in [-0.2, -0.15) is 0 Å². The Kier molecular flexibility index (Phi) is 4.61. The van der Waals surface area contributed by atoms with Gasteiger partial charge < -0.3 is 0 Å². The molecular weight excluding hydrogens is 402 g/mol. The molecule has 4 aliphatic carbocycles. The summed E-state index contributed by atoms with van der Waals surface area (Å²) in [4.78, 5) is 25.1. The molecule has 0 aromatic heterocycles. The number of hydrogen-bond donors (Lipinski definition) is 2. The molecular formula is C22H29N3O4S. The molecule has 0 radical (unpaired) electrons. The Morgan fingerprint density at radius 3 is 2.30 bits per heavy atom. The smallest absolute Gasteiger partial charge is 0.269 e. The number of benzene rings is 1. The summed E-state index contributed by atoms with van der Waals surface area (Å²) in [6.07, 6.45) is 9.73. The summed E-state index contributed by atoms with van der Waals surface area (Å²) in [6, 6.07) is 4.97. The average molecular weight is 432 g/mol. The van der Waals surface area contributed by atoms with Gasteiger partial charge in [0.05, 0.1) is 11.9 Å². The van der Waals surface area contributed by atoms with Gasteiger partial charge in [0.15, 0.2) is 0 Å². The summed E-state index contributed by atoms with van der Waals surface area (Å²) in [6.45, 7) is 0.390. The van der Waals surface area contributed by atoms with Gasteiger partial charge in [0, 0.05) is 18.5 Å². The van der Waals surface area contributed by atoms with Crippen LogP contribution in [0.25, 0.3) is 0 Å². The fourth-order valence-electron chi connectivity index (χ4n) is 6.95. The average Bonchev–Trinajstić information content (AvgIpc) is 3.08. The van der Waals surface area contributed by atoms with Crippen molar-refractivity contribution in [1.82, 2.24) is 10.9 Å². The Hall–Kier alpha value is -2.09. The Balaban J connectivity index is 1.19. The molecule has 7 nitrogen and oxygen atoms in total. The number of nitrogens with one attached hydrogen (secondary N) is 2. The highest BCUT2D eigenvalue weighted by molar-refractivity contribution is 7.92. The third-order valence-electron chi connectivity index (χ3n) is 7.61. The number of nitrogens with zero attached hydrogens (tertiary/aromatic N) is 1. The van der Waals surface area contributed by atoms with Gasteiger partial charge in [-0.15, -0.1) is 0 Å². The number of carbonyl (C=O) groups excluding carboxylic acids is 2. The maximum Gasteiger partial charge on any atom is 0.269 e. The predicted octanol–water partition coefficient (Wildman–Crippen LogP) is 2.38. The highest BCUT2D eigenvalue weighted by Gasteiger charge is 2.51. The highest BCUT2D eigenvalue weighted by Crippen LogP contribution is 2.61. The Labute approximate surface area is 177 Å². The standard InChI is InChI=1S/C22H29N3O4S/c1-30(28,29)25-5-4-17-9-18(2-3-19(17)25)21(27)24-23-20(26)13-22-10-14-6-15(11-22)8-16(7-14)12-22/h2-3,9,14-16H,4-8,10-13H2,1H3,(H,23,26)(H,24,27). The molecule has 1 aromatic carbocycles. The van der Waals surface area contributed by atoms with Crippen molar-refractivity contribution in [2.24, 2.45) is 23.2 Å². The fourth-order valence-corrected chi connectivity index (χ4v) is 7.91. The zero-order valence-corrected chi connectivity index (χ0v) is 18.1. The first kappa shape index (κ1) is 19.8. The van der Waals surface area contributed by atoms with E-state index in [2.05, 4.69) is 10.9 Å². The largest absolute Gasteiger partial charge is 0.273 e. The molecule has 0 saturated heterocycles. The SMILES string of the molecule is CS(=O)(=O)N1CCc2cc(C(=O)NNC(=O)CC34CC5CC(CC(C5)C3)C4)ccc21. The van der Waals surface area contributed by atoms with E-state index in [1.807, 2.05) is 0 Å². The van der Waals surface area contributed by atoms with Gasteiger partial charge in [-0.1, -0.05) is 0 Å². The lowest BCUT2D eigenvalue weighted by Crippen LogP contribution is -2.50. The number of fused-ring (bicyclic) bond motifs is 1. The van der Waals surface area contributed by atoms with E-state index in [1.165, 1.54) is 29.8 Å². The minimum atomic E-state index is -3.32. The van der Waals surface area contributed by atoms with Crippen molar-refractivity contribution in [3.8, 4) is 0 Å². The molecule has 2 N–H and O–H groups in total. The van der Waals surface area contributed by atoms with Gasteiger partial charge in [0.25, 0.3) is 5.91 Å². The molecule has 4 saturated carbocycles. The summed E-state index contributed by atoms with van der Waals surface area (Å²) < 4.78 is 25.1. The molecule has 162 valence electrons. The van der Waals surface area contributed by atoms with Gasteiger partial charge >= 0.3 is 0 Å².